The first-order valence-corrected chi connectivity index (χ1v) is 9.79. The molecule has 0 aliphatic carbocycles. The van der Waals surface area contributed by atoms with Gasteiger partial charge in [0, 0.05) is 13.2 Å². The molecule has 0 amide bonds. The van der Waals surface area contributed by atoms with Crippen LogP contribution in [0.3, 0.4) is 0 Å². The Morgan fingerprint density at radius 1 is 1.27 bits per heavy atom. The smallest absolute Gasteiger partial charge is 0.188 e. The second-order valence-corrected chi connectivity index (χ2v) is 7.13. The van der Waals surface area contributed by atoms with Crippen molar-refractivity contribution in [3.8, 4) is 5.75 Å². The van der Waals surface area contributed by atoms with Gasteiger partial charge in [-0.1, -0.05) is 18.6 Å². The largest absolute Gasteiger partial charge is 0.497 e. The standard InChI is InChI=1S/C20H32N4O2/c1-25-17-9-7-16(8-10-17)19(24-11-3-2-4-12-24)15-23-20(21)22-14-18-6-5-13-26-18/h7-10,18-19H,2-6,11-15H2,1H3,(H3,21,22,23). The van der Waals surface area contributed by atoms with Crippen molar-refractivity contribution in [2.24, 2.45) is 10.7 Å². The Labute approximate surface area is 156 Å². The molecule has 3 N–H and O–H groups in total. The maximum absolute atomic E-state index is 6.10. The molecule has 2 fully saturated rings. The van der Waals surface area contributed by atoms with Crippen LogP contribution in [-0.2, 0) is 4.74 Å². The van der Waals surface area contributed by atoms with Crippen molar-refractivity contribution in [1.82, 2.24) is 10.2 Å². The summed E-state index contributed by atoms with van der Waals surface area (Å²) in [6, 6.07) is 8.58. The molecule has 1 aromatic carbocycles. The van der Waals surface area contributed by atoms with Crippen LogP contribution >= 0.6 is 0 Å². The average Bonchev–Trinajstić information content (AvgIpc) is 3.21. The molecule has 144 valence electrons. The highest BCUT2D eigenvalue weighted by Gasteiger charge is 2.22. The number of nitrogens with one attached hydrogen (secondary N) is 1. The van der Waals surface area contributed by atoms with Crippen molar-refractivity contribution in [1.29, 1.82) is 0 Å². The van der Waals surface area contributed by atoms with Gasteiger partial charge in [0.05, 0.1) is 25.8 Å². The molecule has 2 aliphatic rings. The van der Waals surface area contributed by atoms with Crippen LogP contribution in [0.5, 0.6) is 5.75 Å². The van der Waals surface area contributed by atoms with Gasteiger partial charge in [-0.15, -0.1) is 0 Å². The molecule has 2 atom stereocenters. The number of methoxy groups -OCH3 is 1. The second-order valence-electron chi connectivity index (χ2n) is 7.13. The maximum atomic E-state index is 6.10. The predicted octanol–water partition coefficient (Wildman–Crippen LogP) is 2.31. The van der Waals surface area contributed by atoms with E-state index in [1.165, 1.54) is 24.8 Å². The monoisotopic (exact) mass is 360 g/mol. The van der Waals surface area contributed by atoms with Crippen molar-refractivity contribution >= 4 is 5.96 Å². The topological polar surface area (TPSA) is 72.1 Å². The number of likely N-dealkylation sites (tertiary alicyclic amines) is 1. The van der Waals surface area contributed by atoms with Gasteiger partial charge in [-0.2, -0.15) is 0 Å². The molecule has 2 unspecified atom stereocenters. The Hall–Kier alpha value is -1.79. The van der Waals surface area contributed by atoms with Gasteiger partial charge < -0.3 is 20.5 Å². The number of nitrogens with zero attached hydrogens (tertiary/aromatic N) is 2. The number of hydrogen-bond acceptors (Lipinski definition) is 4. The Morgan fingerprint density at radius 2 is 2.04 bits per heavy atom. The highest BCUT2D eigenvalue weighted by Crippen LogP contribution is 2.26. The van der Waals surface area contributed by atoms with E-state index in [4.69, 9.17) is 15.2 Å². The number of benzene rings is 1. The number of piperidine rings is 1. The van der Waals surface area contributed by atoms with Crippen molar-refractivity contribution in [2.75, 3.05) is 39.9 Å². The molecule has 0 saturated carbocycles. The van der Waals surface area contributed by atoms with Crippen molar-refractivity contribution in [2.45, 2.75) is 44.2 Å². The van der Waals surface area contributed by atoms with Crippen LogP contribution in [0.2, 0.25) is 0 Å². The third-order valence-electron chi connectivity index (χ3n) is 5.30. The molecular weight excluding hydrogens is 328 g/mol. The number of rotatable bonds is 7. The molecule has 2 saturated heterocycles. The fraction of sp³-hybridized carbons (Fsp3) is 0.650. The lowest BCUT2D eigenvalue weighted by Gasteiger charge is -2.34. The second kappa shape index (κ2) is 9.78. The molecule has 26 heavy (non-hydrogen) atoms. The predicted molar refractivity (Wildman–Crippen MR) is 105 cm³/mol. The van der Waals surface area contributed by atoms with Crippen LogP contribution in [0.15, 0.2) is 29.3 Å². The molecule has 0 bridgehead atoms. The van der Waals surface area contributed by atoms with E-state index < -0.39 is 0 Å². The summed E-state index contributed by atoms with van der Waals surface area (Å²) >= 11 is 0. The molecular formula is C20H32N4O2. The first kappa shape index (κ1) is 19.0. The lowest BCUT2D eigenvalue weighted by Crippen LogP contribution is -2.39. The van der Waals surface area contributed by atoms with Gasteiger partial charge >= 0.3 is 0 Å². The van der Waals surface area contributed by atoms with Gasteiger partial charge in [-0.25, -0.2) is 0 Å². The maximum Gasteiger partial charge on any atom is 0.188 e. The van der Waals surface area contributed by atoms with Crippen LogP contribution in [0, 0.1) is 0 Å². The van der Waals surface area contributed by atoms with Gasteiger partial charge in [0.2, 0.25) is 0 Å². The van der Waals surface area contributed by atoms with Gasteiger partial charge in [0.15, 0.2) is 5.96 Å². The molecule has 0 radical (unpaired) electrons. The van der Waals surface area contributed by atoms with Crippen molar-refractivity contribution in [3.05, 3.63) is 29.8 Å². The zero-order chi connectivity index (χ0) is 18.2. The molecule has 2 heterocycles. The summed E-state index contributed by atoms with van der Waals surface area (Å²) in [6.45, 7) is 4.51. The quantitative estimate of drug-likeness (QED) is 0.577. The minimum atomic E-state index is 0.254. The number of hydrogen-bond donors (Lipinski definition) is 2. The fourth-order valence-corrected chi connectivity index (χ4v) is 3.75. The fourth-order valence-electron chi connectivity index (χ4n) is 3.75. The van der Waals surface area contributed by atoms with E-state index in [2.05, 4.69) is 27.3 Å². The Kier molecular flexibility index (Phi) is 7.14. The van der Waals surface area contributed by atoms with Gasteiger partial charge in [0.1, 0.15) is 5.75 Å². The highest BCUT2D eigenvalue weighted by molar-refractivity contribution is 5.77. The van der Waals surface area contributed by atoms with Gasteiger partial charge in [0.25, 0.3) is 0 Å². The van der Waals surface area contributed by atoms with E-state index in [1.54, 1.807) is 7.11 Å². The van der Waals surface area contributed by atoms with Crippen LogP contribution in [0.4, 0.5) is 0 Å². The van der Waals surface area contributed by atoms with E-state index in [9.17, 15) is 0 Å². The molecule has 3 rings (SSSR count). The Balaban J connectivity index is 1.62. The first-order chi connectivity index (χ1) is 12.8. The van der Waals surface area contributed by atoms with Crippen molar-refractivity contribution in [3.63, 3.8) is 0 Å². The third-order valence-corrected chi connectivity index (χ3v) is 5.30. The van der Waals surface area contributed by atoms with E-state index >= 15 is 0 Å². The molecule has 0 spiro atoms. The van der Waals surface area contributed by atoms with Gasteiger partial charge in [-0.05, 0) is 56.5 Å². The zero-order valence-electron chi connectivity index (χ0n) is 15.8. The number of guanidine groups is 1. The Bertz CT molecular complexity index is 564. The first-order valence-electron chi connectivity index (χ1n) is 9.79. The summed E-state index contributed by atoms with van der Waals surface area (Å²) in [5.74, 6) is 1.39. The van der Waals surface area contributed by atoms with Crippen LogP contribution in [0.1, 0.15) is 43.7 Å². The SMILES string of the molecule is COc1ccc(C(CN=C(N)NCC2CCCO2)N2CCCCC2)cc1. The summed E-state index contributed by atoms with van der Waals surface area (Å²) in [5.41, 5.74) is 7.37. The van der Waals surface area contributed by atoms with E-state index in [1.807, 2.05) is 12.1 Å². The van der Waals surface area contributed by atoms with E-state index in [0.717, 1.165) is 44.8 Å². The van der Waals surface area contributed by atoms with Gasteiger partial charge in [-0.3, -0.25) is 9.89 Å². The number of nitrogens with two attached hydrogens (primary N) is 1. The number of aliphatic imine (C=N–C) groups is 1. The summed E-state index contributed by atoms with van der Waals surface area (Å²) in [4.78, 5) is 7.16. The normalized spacial score (nSPS) is 23.0. The lowest BCUT2D eigenvalue weighted by molar-refractivity contribution is 0.114. The Morgan fingerprint density at radius 3 is 2.69 bits per heavy atom. The summed E-state index contributed by atoms with van der Waals surface area (Å²) in [7, 11) is 1.70. The minimum absolute atomic E-state index is 0.254. The van der Waals surface area contributed by atoms with Crippen LogP contribution in [-0.4, -0.2) is 56.9 Å². The average molecular weight is 361 g/mol. The third kappa shape index (κ3) is 5.35. The summed E-state index contributed by atoms with van der Waals surface area (Å²) in [5, 5.41) is 3.22. The number of ether oxygens (including phenoxy) is 2. The summed E-state index contributed by atoms with van der Waals surface area (Å²) < 4.78 is 10.9. The molecule has 6 heteroatoms. The highest BCUT2D eigenvalue weighted by atomic mass is 16.5. The molecule has 1 aromatic rings. The molecule has 0 aromatic heterocycles. The minimum Gasteiger partial charge on any atom is -0.497 e. The molecule has 2 aliphatic heterocycles. The summed E-state index contributed by atoms with van der Waals surface area (Å²) in [6.07, 6.45) is 6.33. The van der Waals surface area contributed by atoms with E-state index in [0.29, 0.717) is 12.5 Å². The van der Waals surface area contributed by atoms with Crippen molar-refractivity contribution < 1.29 is 9.47 Å². The zero-order valence-corrected chi connectivity index (χ0v) is 15.8. The molecule has 6 nitrogen and oxygen atoms in total. The van der Waals surface area contributed by atoms with Crippen LogP contribution in [0.25, 0.3) is 0 Å². The van der Waals surface area contributed by atoms with Crippen LogP contribution < -0.4 is 15.8 Å². The lowest BCUT2D eigenvalue weighted by atomic mass is 10.0. The van der Waals surface area contributed by atoms with E-state index in [-0.39, 0.29) is 12.1 Å².